The largest absolute Gasteiger partial charge is 0.465 e. The average Bonchev–Trinajstić information content (AvgIpc) is 3.22. The first-order chi connectivity index (χ1) is 18.7. The fourth-order valence-corrected chi connectivity index (χ4v) is 6.17. The summed E-state index contributed by atoms with van der Waals surface area (Å²) in [6.07, 6.45) is 0.913. The Labute approximate surface area is 235 Å². The van der Waals surface area contributed by atoms with Crippen LogP contribution in [0.5, 0.6) is 0 Å². The molecule has 0 saturated carbocycles. The van der Waals surface area contributed by atoms with Crippen LogP contribution >= 0.6 is 11.8 Å². The van der Waals surface area contributed by atoms with E-state index >= 15 is 0 Å². The van der Waals surface area contributed by atoms with E-state index in [0.717, 1.165) is 17.7 Å². The Kier molecular flexibility index (Phi) is 9.57. The van der Waals surface area contributed by atoms with Crippen molar-refractivity contribution in [3.8, 4) is 11.1 Å². The van der Waals surface area contributed by atoms with Crippen molar-refractivity contribution in [2.75, 3.05) is 18.8 Å². The SMILES string of the molecule is CC(C)(C)OC(=O)NCCCCC(CSc1ccccc1)N(CC1c2ccccc2-c2ccccc21)C(=O)O. The van der Waals surface area contributed by atoms with Crippen LogP contribution in [0.25, 0.3) is 11.1 Å². The third-order valence-corrected chi connectivity index (χ3v) is 8.00. The van der Waals surface area contributed by atoms with Crippen molar-refractivity contribution >= 4 is 23.9 Å². The van der Waals surface area contributed by atoms with Crippen molar-refractivity contribution in [3.05, 3.63) is 90.0 Å². The van der Waals surface area contributed by atoms with Crippen LogP contribution in [0.3, 0.4) is 0 Å². The normalized spacial score (nSPS) is 13.3. The molecule has 0 spiro atoms. The van der Waals surface area contributed by atoms with E-state index in [-0.39, 0.29) is 12.0 Å². The molecule has 206 valence electrons. The number of nitrogens with zero attached hydrogens (tertiary/aromatic N) is 1. The maximum Gasteiger partial charge on any atom is 0.407 e. The summed E-state index contributed by atoms with van der Waals surface area (Å²) in [5, 5.41) is 13.2. The van der Waals surface area contributed by atoms with E-state index in [9.17, 15) is 14.7 Å². The monoisotopic (exact) mass is 546 g/mol. The number of alkyl carbamates (subject to hydrolysis) is 1. The van der Waals surface area contributed by atoms with Crippen molar-refractivity contribution in [1.29, 1.82) is 0 Å². The number of thioether (sulfide) groups is 1. The number of ether oxygens (including phenoxy) is 1. The average molecular weight is 547 g/mol. The Morgan fingerprint density at radius 1 is 0.923 bits per heavy atom. The van der Waals surface area contributed by atoms with Gasteiger partial charge in [0.15, 0.2) is 0 Å². The molecule has 2 N–H and O–H groups in total. The molecule has 0 aliphatic heterocycles. The first-order valence-electron chi connectivity index (χ1n) is 13.6. The van der Waals surface area contributed by atoms with Crippen molar-refractivity contribution in [2.24, 2.45) is 0 Å². The molecule has 6 nitrogen and oxygen atoms in total. The molecular weight excluding hydrogens is 508 g/mol. The van der Waals surface area contributed by atoms with Crippen molar-refractivity contribution in [2.45, 2.75) is 62.5 Å². The number of amides is 2. The summed E-state index contributed by atoms with van der Waals surface area (Å²) in [6, 6.07) is 26.6. The Morgan fingerprint density at radius 3 is 2.10 bits per heavy atom. The maximum atomic E-state index is 12.7. The topological polar surface area (TPSA) is 78.9 Å². The first-order valence-corrected chi connectivity index (χ1v) is 14.5. The smallest absolute Gasteiger partial charge is 0.407 e. The first kappa shape index (κ1) is 28.6. The van der Waals surface area contributed by atoms with Gasteiger partial charge in [0.05, 0.1) is 0 Å². The van der Waals surface area contributed by atoms with Gasteiger partial charge in [-0.15, -0.1) is 11.8 Å². The quantitative estimate of drug-likeness (QED) is 0.191. The van der Waals surface area contributed by atoms with Crippen molar-refractivity contribution in [3.63, 3.8) is 0 Å². The molecule has 1 atom stereocenters. The molecule has 0 aromatic heterocycles. The highest BCUT2D eigenvalue weighted by atomic mass is 32.2. The third kappa shape index (κ3) is 7.79. The number of nitrogens with one attached hydrogen (secondary N) is 1. The molecule has 7 heteroatoms. The molecule has 39 heavy (non-hydrogen) atoms. The highest BCUT2D eigenvalue weighted by Crippen LogP contribution is 2.45. The van der Waals surface area contributed by atoms with E-state index in [2.05, 4.69) is 41.7 Å². The highest BCUT2D eigenvalue weighted by molar-refractivity contribution is 7.99. The summed E-state index contributed by atoms with van der Waals surface area (Å²) in [5.74, 6) is 0.651. The van der Waals surface area contributed by atoms with Crippen molar-refractivity contribution < 1.29 is 19.4 Å². The van der Waals surface area contributed by atoms with Gasteiger partial charge in [-0.3, -0.25) is 0 Å². The van der Waals surface area contributed by atoms with Gasteiger partial charge in [0, 0.05) is 35.7 Å². The zero-order chi connectivity index (χ0) is 27.8. The summed E-state index contributed by atoms with van der Waals surface area (Å²) >= 11 is 1.68. The van der Waals surface area contributed by atoms with Gasteiger partial charge in [0.2, 0.25) is 0 Å². The Bertz CT molecular complexity index is 1210. The van der Waals surface area contributed by atoms with Crippen molar-refractivity contribution in [1.82, 2.24) is 10.2 Å². The van der Waals surface area contributed by atoms with E-state index in [1.807, 2.05) is 63.2 Å². The Morgan fingerprint density at radius 2 is 1.51 bits per heavy atom. The predicted molar refractivity (Wildman–Crippen MR) is 157 cm³/mol. The molecular formula is C32H38N2O4S. The molecule has 0 bridgehead atoms. The van der Waals surface area contributed by atoms with Crippen LogP contribution in [0.2, 0.25) is 0 Å². The molecule has 0 radical (unpaired) electrons. The van der Waals surface area contributed by atoms with Crippen LogP contribution in [0.4, 0.5) is 9.59 Å². The number of carbonyl (C=O) groups is 2. The molecule has 0 fully saturated rings. The van der Waals surface area contributed by atoms with Crippen LogP contribution in [-0.2, 0) is 4.74 Å². The Balaban J connectivity index is 1.47. The molecule has 1 aliphatic carbocycles. The zero-order valence-electron chi connectivity index (χ0n) is 22.9. The number of unbranched alkanes of at least 4 members (excludes halogenated alkanes) is 1. The number of fused-ring (bicyclic) bond motifs is 3. The fourth-order valence-electron chi connectivity index (χ4n) is 5.08. The van der Waals surface area contributed by atoms with Gasteiger partial charge in [-0.1, -0.05) is 66.7 Å². The van der Waals surface area contributed by atoms with Gasteiger partial charge in [0.25, 0.3) is 0 Å². The summed E-state index contributed by atoms with van der Waals surface area (Å²) in [7, 11) is 0. The van der Waals surface area contributed by atoms with Gasteiger partial charge < -0.3 is 20.1 Å². The number of benzene rings is 3. The molecule has 3 aromatic rings. The van der Waals surface area contributed by atoms with Crippen LogP contribution in [-0.4, -0.2) is 52.7 Å². The minimum absolute atomic E-state index is 0.00781. The molecule has 1 unspecified atom stereocenters. The Hall–Kier alpha value is -3.45. The van der Waals surface area contributed by atoms with Gasteiger partial charge in [-0.05, 0) is 74.4 Å². The summed E-state index contributed by atoms with van der Waals surface area (Å²) in [5.41, 5.74) is 4.20. The standard InChI is InChI=1S/C32H38N2O4S/c1-32(2,3)38-30(35)33-20-12-11-13-23(22-39-24-14-5-4-6-15-24)34(31(36)37)21-29-27-18-9-7-16-25(27)26-17-8-10-19-28(26)29/h4-10,14-19,23,29H,11-13,20-22H2,1-3H3,(H,33,35)(H,36,37). The number of carboxylic acid groups (broad SMARTS) is 1. The second kappa shape index (κ2) is 13.1. The van der Waals surface area contributed by atoms with E-state index in [1.165, 1.54) is 22.3 Å². The minimum atomic E-state index is -0.901. The lowest BCUT2D eigenvalue weighted by atomic mass is 9.95. The second-order valence-corrected chi connectivity index (χ2v) is 12.0. The minimum Gasteiger partial charge on any atom is -0.465 e. The second-order valence-electron chi connectivity index (χ2n) is 10.9. The maximum absolute atomic E-state index is 12.7. The van der Waals surface area contributed by atoms with E-state index in [0.29, 0.717) is 25.3 Å². The zero-order valence-corrected chi connectivity index (χ0v) is 23.7. The summed E-state index contributed by atoms with van der Waals surface area (Å²) in [6.45, 7) is 6.40. The summed E-state index contributed by atoms with van der Waals surface area (Å²) in [4.78, 5) is 27.5. The predicted octanol–water partition coefficient (Wildman–Crippen LogP) is 7.63. The molecule has 1 aliphatic rings. The van der Waals surface area contributed by atoms with E-state index in [1.54, 1.807) is 16.7 Å². The molecule has 3 aromatic carbocycles. The lowest BCUT2D eigenvalue weighted by Gasteiger charge is -2.32. The number of carbonyl (C=O) groups excluding carboxylic acids is 1. The van der Waals surface area contributed by atoms with Gasteiger partial charge >= 0.3 is 12.2 Å². The number of hydrogen-bond acceptors (Lipinski definition) is 4. The number of hydrogen-bond donors (Lipinski definition) is 2. The number of rotatable bonds is 11. The van der Waals surface area contributed by atoms with E-state index < -0.39 is 17.8 Å². The summed E-state index contributed by atoms with van der Waals surface area (Å²) < 4.78 is 5.32. The molecule has 0 heterocycles. The molecule has 2 amide bonds. The van der Waals surface area contributed by atoms with E-state index in [4.69, 9.17) is 4.74 Å². The fraction of sp³-hybridized carbons (Fsp3) is 0.375. The lowest BCUT2D eigenvalue weighted by molar-refractivity contribution is 0.0527. The highest BCUT2D eigenvalue weighted by Gasteiger charge is 2.33. The van der Waals surface area contributed by atoms with Crippen LogP contribution in [0, 0.1) is 0 Å². The van der Waals surface area contributed by atoms with Crippen LogP contribution < -0.4 is 5.32 Å². The van der Waals surface area contributed by atoms with Crippen LogP contribution in [0.15, 0.2) is 83.8 Å². The molecule has 4 rings (SSSR count). The van der Waals surface area contributed by atoms with Gasteiger partial charge in [-0.25, -0.2) is 9.59 Å². The lowest BCUT2D eigenvalue weighted by Crippen LogP contribution is -2.43. The van der Waals surface area contributed by atoms with Gasteiger partial charge in [0.1, 0.15) is 5.60 Å². The van der Waals surface area contributed by atoms with Crippen LogP contribution in [0.1, 0.15) is 57.1 Å². The van der Waals surface area contributed by atoms with Gasteiger partial charge in [-0.2, -0.15) is 0 Å². The molecule has 0 saturated heterocycles. The third-order valence-electron chi connectivity index (χ3n) is 6.85.